The van der Waals surface area contributed by atoms with Gasteiger partial charge in [0, 0.05) is 30.0 Å². The summed E-state index contributed by atoms with van der Waals surface area (Å²) in [6.07, 6.45) is 4.85. The van der Waals surface area contributed by atoms with Crippen LogP contribution in [-0.2, 0) is 9.59 Å². The van der Waals surface area contributed by atoms with E-state index >= 15 is 0 Å². The highest BCUT2D eigenvalue weighted by Gasteiger charge is 2.22. The first-order chi connectivity index (χ1) is 16.5. The highest BCUT2D eigenvalue weighted by Crippen LogP contribution is 2.28. The molecule has 0 aliphatic rings. The number of nitrogens with one attached hydrogen (secondary N) is 1. The first-order valence-electron chi connectivity index (χ1n) is 11.7. The van der Waals surface area contributed by atoms with E-state index in [1.165, 1.54) is 11.3 Å². The van der Waals surface area contributed by atoms with Gasteiger partial charge >= 0.3 is 0 Å². The fourth-order valence-corrected chi connectivity index (χ4v) is 4.65. The minimum absolute atomic E-state index is 0.0828. The molecule has 3 rings (SSSR count). The Balaban J connectivity index is 1.61. The summed E-state index contributed by atoms with van der Waals surface area (Å²) in [5, 5.41) is 12.8. The maximum atomic E-state index is 13.0. The molecule has 2 aromatic carbocycles. The fraction of sp³-hybridized carbons (Fsp3) is 0.385. The van der Waals surface area contributed by atoms with Crippen molar-refractivity contribution in [2.75, 3.05) is 11.9 Å². The second kappa shape index (κ2) is 13.2. The standard InChI is InChI=1S/C26H31ClN4O2S/c1-3-4-5-9-15-24(33)31(19(2)20-11-7-6-8-12-20)17-16-23(32)28-26-30-29-25(34-26)21-13-10-14-22(27)18-21/h6-8,10-14,18-19H,3-5,9,15-17H2,1-2H3,(H,28,30,32). The third-order valence-electron chi connectivity index (χ3n) is 5.64. The average Bonchev–Trinajstić information content (AvgIpc) is 3.31. The van der Waals surface area contributed by atoms with Crippen LogP contribution in [0.2, 0.25) is 5.02 Å². The van der Waals surface area contributed by atoms with Gasteiger partial charge in [-0.15, -0.1) is 10.2 Å². The number of amides is 2. The maximum absolute atomic E-state index is 13.0. The molecule has 0 aliphatic carbocycles. The van der Waals surface area contributed by atoms with E-state index in [0.717, 1.165) is 36.8 Å². The number of carbonyl (C=O) groups is 2. The number of rotatable bonds is 12. The van der Waals surface area contributed by atoms with Crippen LogP contribution in [0.15, 0.2) is 54.6 Å². The molecule has 3 aromatic rings. The molecule has 2 amide bonds. The smallest absolute Gasteiger partial charge is 0.227 e. The largest absolute Gasteiger partial charge is 0.335 e. The molecule has 180 valence electrons. The summed E-state index contributed by atoms with van der Waals surface area (Å²) in [4.78, 5) is 27.5. The van der Waals surface area contributed by atoms with E-state index in [1.807, 2.05) is 60.4 Å². The highest BCUT2D eigenvalue weighted by molar-refractivity contribution is 7.18. The zero-order valence-electron chi connectivity index (χ0n) is 19.7. The number of aromatic nitrogens is 2. The summed E-state index contributed by atoms with van der Waals surface area (Å²) in [7, 11) is 0. The number of hydrogen-bond acceptors (Lipinski definition) is 5. The summed E-state index contributed by atoms with van der Waals surface area (Å²) in [6.45, 7) is 4.51. The number of benzene rings is 2. The summed E-state index contributed by atoms with van der Waals surface area (Å²) in [5.74, 6) is -0.114. The number of carbonyl (C=O) groups excluding carboxylic acids is 2. The lowest BCUT2D eigenvalue weighted by Crippen LogP contribution is -2.36. The van der Waals surface area contributed by atoms with Gasteiger partial charge in [0.1, 0.15) is 5.01 Å². The van der Waals surface area contributed by atoms with Crippen LogP contribution in [0.3, 0.4) is 0 Å². The lowest BCUT2D eigenvalue weighted by molar-refractivity contribution is -0.134. The number of hydrogen-bond donors (Lipinski definition) is 1. The minimum Gasteiger partial charge on any atom is -0.335 e. The first kappa shape index (κ1) is 25.8. The Morgan fingerprint density at radius 2 is 1.82 bits per heavy atom. The Morgan fingerprint density at radius 1 is 1.03 bits per heavy atom. The topological polar surface area (TPSA) is 75.2 Å². The van der Waals surface area contributed by atoms with Crippen LogP contribution in [0.4, 0.5) is 5.13 Å². The summed E-state index contributed by atoms with van der Waals surface area (Å²) < 4.78 is 0. The van der Waals surface area contributed by atoms with E-state index in [4.69, 9.17) is 11.6 Å². The van der Waals surface area contributed by atoms with Crippen molar-refractivity contribution in [3.63, 3.8) is 0 Å². The Bertz CT molecular complexity index is 1070. The monoisotopic (exact) mass is 498 g/mol. The lowest BCUT2D eigenvalue weighted by Gasteiger charge is -2.29. The molecule has 1 N–H and O–H groups in total. The minimum atomic E-state index is -0.196. The Labute approximate surface area is 210 Å². The highest BCUT2D eigenvalue weighted by atomic mass is 35.5. The molecule has 6 nitrogen and oxygen atoms in total. The van der Waals surface area contributed by atoms with Gasteiger partial charge in [-0.05, 0) is 31.0 Å². The molecule has 0 spiro atoms. The zero-order valence-corrected chi connectivity index (χ0v) is 21.2. The van der Waals surface area contributed by atoms with Gasteiger partial charge in [-0.1, -0.05) is 91.6 Å². The molecule has 0 radical (unpaired) electrons. The molecule has 8 heteroatoms. The summed E-state index contributed by atoms with van der Waals surface area (Å²) in [5.41, 5.74) is 1.90. The second-order valence-electron chi connectivity index (χ2n) is 8.21. The maximum Gasteiger partial charge on any atom is 0.227 e. The quantitative estimate of drug-likeness (QED) is 0.280. The Hall–Kier alpha value is -2.77. The van der Waals surface area contributed by atoms with Crippen molar-refractivity contribution in [3.8, 4) is 10.6 Å². The van der Waals surface area contributed by atoms with Crippen molar-refractivity contribution in [3.05, 3.63) is 65.2 Å². The SMILES string of the molecule is CCCCCCC(=O)N(CCC(=O)Nc1nnc(-c2cccc(Cl)c2)s1)C(C)c1ccccc1. The molecule has 34 heavy (non-hydrogen) atoms. The molecular formula is C26H31ClN4O2S. The molecule has 1 unspecified atom stereocenters. The third kappa shape index (κ3) is 7.64. The van der Waals surface area contributed by atoms with Crippen LogP contribution in [0.1, 0.15) is 64.0 Å². The predicted octanol–water partition coefficient (Wildman–Crippen LogP) is 6.75. The number of nitrogens with zero attached hydrogens (tertiary/aromatic N) is 3. The first-order valence-corrected chi connectivity index (χ1v) is 12.9. The van der Waals surface area contributed by atoms with Gasteiger partial charge in [0.25, 0.3) is 0 Å². The van der Waals surface area contributed by atoms with Gasteiger partial charge in [-0.2, -0.15) is 0 Å². The molecule has 1 atom stereocenters. The van der Waals surface area contributed by atoms with Crippen molar-refractivity contribution in [1.29, 1.82) is 0 Å². The molecule has 0 saturated heterocycles. The van der Waals surface area contributed by atoms with E-state index in [0.29, 0.717) is 28.1 Å². The second-order valence-corrected chi connectivity index (χ2v) is 9.62. The molecule has 0 saturated carbocycles. The molecule has 0 aliphatic heterocycles. The molecule has 1 heterocycles. The van der Waals surface area contributed by atoms with Gasteiger partial charge < -0.3 is 10.2 Å². The lowest BCUT2D eigenvalue weighted by atomic mass is 10.1. The third-order valence-corrected chi connectivity index (χ3v) is 6.76. The van der Waals surface area contributed by atoms with Gasteiger partial charge in [0.15, 0.2) is 0 Å². The molecule has 1 aromatic heterocycles. The fourth-order valence-electron chi connectivity index (χ4n) is 3.71. The van der Waals surface area contributed by atoms with Crippen molar-refractivity contribution >= 4 is 39.9 Å². The Kier molecular flexibility index (Phi) is 10.0. The van der Waals surface area contributed by atoms with Crippen molar-refractivity contribution in [2.24, 2.45) is 0 Å². The predicted molar refractivity (Wildman–Crippen MR) is 139 cm³/mol. The van der Waals surface area contributed by atoms with Crippen LogP contribution >= 0.6 is 22.9 Å². The van der Waals surface area contributed by atoms with Crippen LogP contribution in [0.25, 0.3) is 10.6 Å². The van der Waals surface area contributed by atoms with Crippen LogP contribution < -0.4 is 5.32 Å². The molecule has 0 fully saturated rings. The average molecular weight is 499 g/mol. The zero-order chi connectivity index (χ0) is 24.3. The van der Waals surface area contributed by atoms with E-state index in [1.54, 1.807) is 6.07 Å². The van der Waals surface area contributed by atoms with Crippen LogP contribution in [0, 0.1) is 0 Å². The Morgan fingerprint density at radius 3 is 2.56 bits per heavy atom. The number of anilines is 1. The van der Waals surface area contributed by atoms with E-state index in [2.05, 4.69) is 22.4 Å². The van der Waals surface area contributed by atoms with E-state index in [9.17, 15) is 9.59 Å². The van der Waals surface area contributed by atoms with E-state index in [-0.39, 0.29) is 24.3 Å². The number of unbranched alkanes of at least 4 members (excludes halogenated alkanes) is 3. The normalized spacial score (nSPS) is 11.7. The number of halogens is 1. The van der Waals surface area contributed by atoms with Crippen LogP contribution in [0.5, 0.6) is 0 Å². The van der Waals surface area contributed by atoms with Gasteiger partial charge in [-0.3, -0.25) is 9.59 Å². The van der Waals surface area contributed by atoms with Crippen LogP contribution in [-0.4, -0.2) is 33.5 Å². The van der Waals surface area contributed by atoms with Gasteiger partial charge in [0.05, 0.1) is 6.04 Å². The molecule has 0 bridgehead atoms. The van der Waals surface area contributed by atoms with Crippen molar-refractivity contribution in [1.82, 2.24) is 15.1 Å². The summed E-state index contributed by atoms with van der Waals surface area (Å²) in [6, 6.07) is 17.2. The van der Waals surface area contributed by atoms with Crippen molar-refractivity contribution in [2.45, 2.75) is 58.4 Å². The van der Waals surface area contributed by atoms with Crippen molar-refractivity contribution < 1.29 is 9.59 Å². The van der Waals surface area contributed by atoms with E-state index < -0.39 is 0 Å². The van der Waals surface area contributed by atoms with Gasteiger partial charge in [0.2, 0.25) is 16.9 Å². The van der Waals surface area contributed by atoms with Gasteiger partial charge in [-0.25, -0.2) is 0 Å². The molecular weight excluding hydrogens is 468 g/mol. The summed E-state index contributed by atoms with van der Waals surface area (Å²) >= 11 is 7.34.